The molecule has 1 fully saturated rings. The molecule has 3 atom stereocenters. The highest BCUT2D eigenvalue weighted by atomic mass is 32.2. The van der Waals surface area contributed by atoms with Crippen molar-refractivity contribution in [3.63, 3.8) is 0 Å². The van der Waals surface area contributed by atoms with Gasteiger partial charge in [-0.3, -0.25) is 4.79 Å². The summed E-state index contributed by atoms with van der Waals surface area (Å²) >= 11 is 1.49. The number of thioether (sulfide) groups is 1. The van der Waals surface area contributed by atoms with Crippen molar-refractivity contribution in [2.75, 3.05) is 19.3 Å². The van der Waals surface area contributed by atoms with Crippen LogP contribution in [0.4, 0.5) is 0 Å². The van der Waals surface area contributed by atoms with Crippen LogP contribution in [0.5, 0.6) is 0 Å². The SMILES string of the molecule is CSC1=NC2C[C@H](O)[C@H](O)CN(CCCCCC(=O)OCc3ccccc3)C2=N1. The molecular formula is C21H29N3O4S. The molecule has 2 aliphatic heterocycles. The highest BCUT2D eigenvalue weighted by Gasteiger charge is 2.36. The lowest BCUT2D eigenvalue weighted by molar-refractivity contribution is -0.145. The van der Waals surface area contributed by atoms with E-state index in [-0.39, 0.29) is 12.0 Å². The van der Waals surface area contributed by atoms with Gasteiger partial charge in [-0.2, -0.15) is 0 Å². The number of aliphatic imine (C=N–C) groups is 2. The van der Waals surface area contributed by atoms with E-state index in [2.05, 4.69) is 9.98 Å². The van der Waals surface area contributed by atoms with Gasteiger partial charge in [-0.1, -0.05) is 48.5 Å². The normalized spacial score (nSPS) is 23.8. The zero-order chi connectivity index (χ0) is 20.6. The van der Waals surface area contributed by atoms with Crippen LogP contribution in [0, 0.1) is 0 Å². The Labute approximate surface area is 175 Å². The van der Waals surface area contributed by atoms with E-state index in [1.165, 1.54) is 11.8 Å². The summed E-state index contributed by atoms with van der Waals surface area (Å²) in [6.07, 6.45) is 3.64. The van der Waals surface area contributed by atoms with Crippen LogP contribution in [0.3, 0.4) is 0 Å². The summed E-state index contributed by atoms with van der Waals surface area (Å²) in [6, 6.07) is 9.47. The van der Waals surface area contributed by atoms with Crippen LogP contribution in [0.2, 0.25) is 0 Å². The van der Waals surface area contributed by atoms with Gasteiger partial charge in [0, 0.05) is 25.9 Å². The molecule has 2 N–H and O–H groups in total. The van der Waals surface area contributed by atoms with E-state index < -0.39 is 12.2 Å². The first kappa shape index (κ1) is 21.8. The van der Waals surface area contributed by atoms with Gasteiger partial charge in [-0.15, -0.1) is 0 Å². The number of β-amino-alcohol motifs (C(OH)–C–C–N with tert-alkyl or cyclic N) is 1. The average Bonchev–Trinajstić information content (AvgIpc) is 3.10. The number of amidine groups is 2. The first-order valence-electron chi connectivity index (χ1n) is 10.1. The highest BCUT2D eigenvalue weighted by molar-refractivity contribution is 8.13. The monoisotopic (exact) mass is 419 g/mol. The molecule has 0 bridgehead atoms. The van der Waals surface area contributed by atoms with Gasteiger partial charge in [-0.05, 0) is 24.7 Å². The molecule has 3 rings (SSSR count). The molecule has 2 aliphatic rings. The van der Waals surface area contributed by atoms with Crippen LogP contribution in [0.25, 0.3) is 0 Å². The Balaban J connectivity index is 1.39. The first-order chi connectivity index (χ1) is 14.1. The van der Waals surface area contributed by atoms with E-state index in [1.807, 2.05) is 41.5 Å². The van der Waals surface area contributed by atoms with Crippen LogP contribution in [-0.4, -0.2) is 69.7 Å². The summed E-state index contributed by atoms with van der Waals surface area (Å²) in [5.41, 5.74) is 0.987. The van der Waals surface area contributed by atoms with Gasteiger partial charge in [-0.25, -0.2) is 9.98 Å². The zero-order valence-electron chi connectivity index (χ0n) is 16.7. The maximum Gasteiger partial charge on any atom is 0.306 e. The van der Waals surface area contributed by atoms with Gasteiger partial charge in [0.2, 0.25) is 0 Å². The number of esters is 1. The maximum absolute atomic E-state index is 11.9. The summed E-state index contributed by atoms with van der Waals surface area (Å²) in [5.74, 6) is 0.660. The number of aliphatic hydroxyl groups is 2. The molecule has 0 amide bonds. The molecule has 0 spiro atoms. The van der Waals surface area contributed by atoms with E-state index in [1.54, 1.807) is 0 Å². The number of hydrogen-bond acceptors (Lipinski definition) is 8. The van der Waals surface area contributed by atoms with Crippen molar-refractivity contribution in [1.82, 2.24) is 4.90 Å². The molecule has 1 aromatic carbocycles. The smallest absolute Gasteiger partial charge is 0.306 e. The fraction of sp³-hybridized carbons (Fsp3) is 0.571. The van der Waals surface area contributed by atoms with E-state index in [0.29, 0.717) is 26.0 Å². The van der Waals surface area contributed by atoms with Gasteiger partial charge >= 0.3 is 5.97 Å². The van der Waals surface area contributed by atoms with Gasteiger partial charge in [0.25, 0.3) is 0 Å². The Morgan fingerprint density at radius 3 is 2.76 bits per heavy atom. The lowest BCUT2D eigenvalue weighted by atomic mass is 10.1. The molecule has 0 radical (unpaired) electrons. The molecule has 7 nitrogen and oxygen atoms in total. The lowest BCUT2D eigenvalue weighted by Crippen LogP contribution is -2.40. The molecule has 0 aromatic heterocycles. The molecule has 1 aromatic rings. The standard InChI is InChI=1S/C21H29N3O4S/c1-29-21-22-16-12-17(25)18(26)13-24(20(16)23-21)11-7-3-6-10-19(27)28-14-15-8-4-2-5-9-15/h2,4-5,8-9,16-18,25-26H,3,6-7,10-14H2,1H3/t16?,17-,18+/m0/s1. The zero-order valence-corrected chi connectivity index (χ0v) is 17.6. The minimum atomic E-state index is -0.802. The quantitative estimate of drug-likeness (QED) is 0.496. The first-order valence-corrected chi connectivity index (χ1v) is 11.3. The summed E-state index contributed by atoms with van der Waals surface area (Å²) in [4.78, 5) is 23.0. The molecule has 29 heavy (non-hydrogen) atoms. The highest BCUT2D eigenvalue weighted by Crippen LogP contribution is 2.24. The topological polar surface area (TPSA) is 94.7 Å². The van der Waals surface area contributed by atoms with Crippen LogP contribution < -0.4 is 0 Å². The second kappa shape index (κ2) is 10.8. The molecule has 1 saturated heterocycles. The van der Waals surface area contributed by atoms with E-state index in [4.69, 9.17) is 4.74 Å². The third-order valence-electron chi connectivity index (χ3n) is 5.15. The molecular weight excluding hydrogens is 390 g/mol. The van der Waals surface area contributed by atoms with E-state index in [9.17, 15) is 15.0 Å². The molecule has 0 saturated carbocycles. The minimum Gasteiger partial charge on any atom is -0.461 e. The second-order valence-corrected chi connectivity index (χ2v) is 8.15. The Morgan fingerprint density at radius 1 is 1.21 bits per heavy atom. The minimum absolute atomic E-state index is 0.180. The van der Waals surface area contributed by atoms with Crippen LogP contribution in [-0.2, 0) is 16.1 Å². The molecule has 0 aliphatic carbocycles. The number of nitrogens with zero attached hydrogens (tertiary/aromatic N) is 3. The second-order valence-electron chi connectivity index (χ2n) is 7.37. The number of fused-ring (bicyclic) bond motifs is 1. The van der Waals surface area contributed by atoms with E-state index in [0.717, 1.165) is 42.4 Å². The predicted octanol–water partition coefficient (Wildman–Crippen LogP) is 2.22. The number of ether oxygens (including phenoxy) is 1. The molecule has 2 heterocycles. The third kappa shape index (κ3) is 6.29. The van der Waals surface area contributed by atoms with Crippen molar-refractivity contribution < 1.29 is 19.7 Å². The van der Waals surface area contributed by atoms with Gasteiger partial charge in [0.15, 0.2) is 5.17 Å². The number of hydrogen-bond donors (Lipinski definition) is 2. The average molecular weight is 420 g/mol. The fourth-order valence-corrected chi connectivity index (χ4v) is 3.94. The van der Waals surface area contributed by atoms with Crippen LogP contribution >= 0.6 is 11.8 Å². The number of rotatable bonds is 8. The number of unbranched alkanes of at least 4 members (excludes halogenated alkanes) is 2. The van der Waals surface area contributed by atoms with Gasteiger partial charge in [0.05, 0.1) is 12.2 Å². The third-order valence-corrected chi connectivity index (χ3v) is 5.71. The van der Waals surface area contributed by atoms with Crippen LogP contribution in [0.15, 0.2) is 40.3 Å². The number of benzene rings is 1. The van der Waals surface area contributed by atoms with Crippen LogP contribution in [0.1, 0.15) is 37.7 Å². The fourth-order valence-electron chi connectivity index (χ4n) is 3.52. The molecule has 1 unspecified atom stereocenters. The van der Waals surface area contributed by atoms with Crippen molar-refractivity contribution in [3.8, 4) is 0 Å². The van der Waals surface area contributed by atoms with Crippen molar-refractivity contribution in [2.45, 2.75) is 57.0 Å². The molecule has 158 valence electrons. The lowest BCUT2D eigenvalue weighted by Gasteiger charge is -2.25. The Bertz CT molecular complexity index is 741. The molecule has 8 heteroatoms. The van der Waals surface area contributed by atoms with Gasteiger partial charge < -0.3 is 19.8 Å². The Morgan fingerprint density at radius 2 is 2.00 bits per heavy atom. The summed E-state index contributed by atoms with van der Waals surface area (Å²) in [5, 5.41) is 21.0. The number of likely N-dealkylation sites (tertiary alicyclic amines) is 1. The number of carbonyl (C=O) groups is 1. The van der Waals surface area contributed by atoms with Crippen molar-refractivity contribution in [3.05, 3.63) is 35.9 Å². The number of aliphatic hydroxyl groups excluding tert-OH is 2. The predicted molar refractivity (Wildman–Crippen MR) is 115 cm³/mol. The van der Waals surface area contributed by atoms with Crippen molar-refractivity contribution in [1.29, 1.82) is 0 Å². The number of carbonyl (C=O) groups excluding carboxylic acids is 1. The van der Waals surface area contributed by atoms with Gasteiger partial charge in [0.1, 0.15) is 18.5 Å². The maximum atomic E-state index is 11.9. The summed E-state index contributed by atoms with van der Waals surface area (Å²) in [6.45, 7) is 1.38. The largest absolute Gasteiger partial charge is 0.461 e. The van der Waals surface area contributed by atoms with E-state index >= 15 is 0 Å². The Hall–Kier alpha value is -1.90. The summed E-state index contributed by atoms with van der Waals surface area (Å²) in [7, 11) is 0. The Kier molecular flexibility index (Phi) is 8.09. The van der Waals surface area contributed by atoms with Crippen molar-refractivity contribution >= 4 is 28.7 Å². The van der Waals surface area contributed by atoms with Crippen molar-refractivity contribution in [2.24, 2.45) is 9.98 Å². The summed E-state index contributed by atoms with van der Waals surface area (Å²) < 4.78 is 5.30.